The highest BCUT2D eigenvalue weighted by Crippen LogP contribution is 2.21. The van der Waals surface area contributed by atoms with Gasteiger partial charge in [0.25, 0.3) is 0 Å². The van der Waals surface area contributed by atoms with Crippen LogP contribution in [0.4, 0.5) is 0 Å². The van der Waals surface area contributed by atoms with Crippen molar-refractivity contribution in [2.75, 3.05) is 32.8 Å². The zero-order chi connectivity index (χ0) is 16.1. The van der Waals surface area contributed by atoms with E-state index >= 15 is 0 Å². The lowest BCUT2D eigenvalue weighted by molar-refractivity contribution is -0.137. The Morgan fingerprint density at radius 1 is 1.26 bits per heavy atom. The fourth-order valence-corrected chi connectivity index (χ4v) is 4.03. The normalized spacial score (nSPS) is 20.8. The van der Waals surface area contributed by atoms with Crippen molar-refractivity contribution in [3.8, 4) is 0 Å². The van der Waals surface area contributed by atoms with Crippen LogP contribution in [0.3, 0.4) is 0 Å². The molecule has 0 radical (unpaired) electrons. The molecule has 2 fully saturated rings. The minimum atomic E-state index is 0.156. The lowest BCUT2D eigenvalue weighted by Gasteiger charge is -2.22. The molecule has 128 valence electrons. The maximum atomic E-state index is 12.3. The number of hydrogen-bond acceptors (Lipinski definition) is 5. The molecular weight excluding hydrogens is 310 g/mol. The summed E-state index contributed by atoms with van der Waals surface area (Å²) in [7, 11) is 0. The van der Waals surface area contributed by atoms with Crippen LogP contribution < -0.4 is 0 Å². The van der Waals surface area contributed by atoms with Gasteiger partial charge in [0.05, 0.1) is 16.8 Å². The predicted molar refractivity (Wildman–Crippen MR) is 91.5 cm³/mol. The van der Waals surface area contributed by atoms with Crippen LogP contribution in [0, 0.1) is 6.92 Å². The fourth-order valence-electron chi connectivity index (χ4n) is 3.42. The van der Waals surface area contributed by atoms with Crippen molar-refractivity contribution in [2.45, 2.75) is 51.7 Å². The van der Waals surface area contributed by atoms with Crippen molar-refractivity contribution < 1.29 is 9.53 Å². The van der Waals surface area contributed by atoms with Crippen LogP contribution in [0.1, 0.15) is 42.8 Å². The van der Waals surface area contributed by atoms with E-state index in [0.29, 0.717) is 6.10 Å². The van der Waals surface area contributed by atoms with Gasteiger partial charge in [0.2, 0.25) is 5.91 Å². The highest BCUT2D eigenvalue weighted by molar-refractivity contribution is 7.09. The second-order valence-electron chi connectivity index (χ2n) is 6.59. The van der Waals surface area contributed by atoms with Gasteiger partial charge in [-0.3, -0.25) is 9.69 Å². The molecule has 0 bridgehead atoms. The summed E-state index contributed by atoms with van der Waals surface area (Å²) in [6.07, 6.45) is 6.07. The summed E-state index contributed by atoms with van der Waals surface area (Å²) in [4.78, 5) is 21.3. The molecule has 6 heteroatoms. The van der Waals surface area contributed by atoms with E-state index in [1.165, 1.54) is 12.8 Å². The Balaban J connectivity index is 1.42. The van der Waals surface area contributed by atoms with Crippen molar-refractivity contribution in [2.24, 2.45) is 0 Å². The molecule has 5 nitrogen and oxygen atoms in total. The molecule has 2 aliphatic rings. The first-order chi connectivity index (χ1) is 11.2. The maximum Gasteiger partial charge on any atom is 0.248 e. The molecule has 2 heterocycles. The number of nitrogens with zero attached hydrogens (tertiary/aromatic N) is 3. The molecule has 0 N–H and O–H groups in total. The van der Waals surface area contributed by atoms with E-state index in [1.54, 1.807) is 11.3 Å². The van der Waals surface area contributed by atoms with E-state index in [1.807, 2.05) is 11.8 Å². The van der Waals surface area contributed by atoms with E-state index in [-0.39, 0.29) is 12.5 Å². The molecule has 1 aromatic heterocycles. The zero-order valence-electron chi connectivity index (χ0n) is 14.0. The lowest BCUT2D eigenvalue weighted by atomic mass is 10.3. The number of rotatable bonds is 5. The quantitative estimate of drug-likeness (QED) is 0.828. The van der Waals surface area contributed by atoms with Crippen LogP contribution in [0.5, 0.6) is 0 Å². The Hall–Kier alpha value is -0.980. The van der Waals surface area contributed by atoms with Crippen LogP contribution in [0.2, 0.25) is 0 Å². The van der Waals surface area contributed by atoms with Crippen molar-refractivity contribution in [1.29, 1.82) is 0 Å². The van der Waals surface area contributed by atoms with Crippen molar-refractivity contribution in [1.82, 2.24) is 14.8 Å². The summed E-state index contributed by atoms with van der Waals surface area (Å²) >= 11 is 1.70. The van der Waals surface area contributed by atoms with E-state index in [4.69, 9.17) is 4.74 Å². The zero-order valence-corrected chi connectivity index (χ0v) is 14.8. The van der Waals surface area contributed by atoms with E-state index < -0.39 is 0 Å². The Kier molecular flexibility index (Phi) is 6.02. The number of hydrogen-bond donors (Lipinski definition) is 0. The topological polar surface area (TPSA) is 45.7 Å². The molecule has 0 aromatic carbocycles. The second kappa shape index (κ2) is 8.22. The van der Waals surface area contributed by atoms with Crippen LogP contribution in [0.15, 0.2) is 5.38 Å². The molecule has 0 unspecified atom stereocenters. The predicted octanol–water partition coefficient (Wildman–Crippen LogP) is 2.45. The minimum absolute atomic E-state index is 0.156. The number of ether oxygens (including phenoxy) is 1. The molecule has 23 heavy (non-hydrogen) atoms. The molecule has 1 aliphatic carbocycles. The molecular formula is C17H27N3O2S. The summed E-state index contributed by atoms with van der Waals surface area (Å²) in [6.45, 7) is 6.80. The standard InChI is InChI=1S/C17H27N3O2S/c1-14-18-15(13-23-14)11-19-7-4-8-20(10-9-19)17(21)12-22-16-5-2-3-6-16/h13,16H,2-12H2,1H3. The summed E-state index contributed by atoms with van der Waals surface area (Å²) in [5.74, 6) is 0.156. The number of amides is 1. The van der Waals surface area contributed by atoms with Gasteiger partial charge in [-0.25, -0.2) is 4.98 Å². The van der Waals surface area contributed by atoms with Crippen LogP contribution in [-0.2, 0) is 16.1 Å². The van der Waals surface area contributed by atoms with Gasteiger partial charge >= 0.3 is 0 Å². The fraction of sp³-hybridized carbons (Fsp3) is 0.765. The lowest BCUT2D eigenvalue weighted by Crippen LogP contribution is -2.38. The maximum absolute atomic E-state index is 12.3. The number of carbonyl (C=O) groups is 1. The van der Waals surface area contributed by atoms with E-state index in [0.717, 1.165) is 62.7 Å². The molecule has 0 spiro atoms. The average molecular weight is 337 g/mol. The SMILES string of the molecule is Cc1nc(CN2CCCN(C(=O)COC3CCCC3)CC2)cs1. The van der Waals surface area contributed by atoms with Gasteiger partial charge in [0, 0.05) is 38.1 Å². The molecule has 0 atom stereocenters. The van der Waals surface area contributed by atoms with Crippen LogP contribution in [0.25, 0.3) is 0 Å². The molecule has 1 saturated carbocycles. The number of thiazole rings is 1. The highest BCUT2D eigenvalue weighted by atomic mass is 32.1. The third-order valence-electron chi connectivity index (χ3n) is 4.74. The van der Waals surface area contributed by atoms with Crippen molar-refractivity contribution in [3.63, 3.8) is 0 Å². The van der Waals surface area contributed by atoms with Gasteiger partial charge in [-0.05, 0) is 26.2 Å². The summed E-state index contributed by atoms with van der Waals surface area (Å²) in [5.41, 5.74) is 1.15. The third-order valence-corrected chi connectivity index (χ3v) is 5.56. The van der Waals surface area contributed by atoms with Gasteiger partial charge in [-0.2, -0.15) is 0 Å². The second-order valence-corrected chi connectivity index (χ2v) is 7.65. The van der Waals surface area contributed by atoms with Crippen molar-refractivity contribution in [3.05, 3.63) is 16.1 Å². The average Bonchev–Trinajstić information content (AvgIpc) is 3.13. The first-order valence-electron chi connectivity index (χ1n) is 8.73. The Morgan fingerprint density at radius 3 is 2.83 bits per heavy atom. The summed E-state index contributed by atoms with van der Waals surface area (Å²) in [6, 6.07) is 0. The molecule has 1 saturated heterocycles. The van der Waals surface area contributed by atoms with Crippen LogP contribution >= 0.6 is 11.3 Å². The van der Waals surface area contributed by atoms with E-state index in [2.05, 4.69) is 15.3 Å². The molecule has 3 rings (SSSR count). The molecule has 1 aliphatic heterocycles. The molecule has 1 aromatic rings. The highest BCUT2D eigenvalue weighted by Gasteiger charge is 2.22. The summed E-state index contributed by atoms with van der Waals surface area (Å²) in [5, 5.41) is 3.26. The van der Waals surface area contributed by atoms with E-state index in [9.17, 15) is 4.79 Å². The third kappa shape index (κ3) is 4.99. The Bertz CT molecular complexity index is 514. The largest absolute Gasteiger partial charge is 0.368 e. The van der Waals surface area contributed by atoms with Gasteiger partial charge in [-0.1, -0.05) is 12.8 Å². The Morgan fingerprint density at radius 2 is 2.09 bits per heavy atom. The molecule has 1 amide bonds. The Labute approximate surface area is 142 Å². The minimum Gasteiger partial charge on any atom is -0.368 e. The number of aromatic nitrogens is 1. The van der Waals surface area contributed by atoms with Crippen molar-refractivity contribution >= 4 is 17.2 Å². The summed E-state index contributed by atoms with van der Waals surface area (Å²) < 4.78 is 5.77. The smallest absolute Gasteiger partial charge is 0.248 e. The first-order valence-corrected chi connectivity index (χ1v) is 9.61. The van der Waals surface area contributed by atoms with Crippen LogP contribution in [-0.4, -0.2) is 59.6 Å². The van der Waals surface area contributed by atoms with Gasteiger partial charge in [-0.15, -0.1) is 11.3 Å². The number of aryl methyl sites for hydroxylation is 1. The van der Waals surface area contributed by atoms with Gasteiger partial charge in [0.15, 0.2) is 0 Å². The van der Waals surface area contributed by atoms with Gasteiger partial charge < -0.3 is 9.64 Å². The monoisotopic (exact) mass is 337 g/mol. The number of carbonyl (C=O) groups excluding carboxylic acids is 1. The van der Waals surface area contributed by atoms with Gasteiger partial charge in [0.1, 0.15) is 6.61 Å². The first kappa shape index (κ1) is 16.9.